The number of rotatable bonds is 2. The SMILES string of the molecule is CC(C)(C)C1=CC2C(=C1)CCC2(c1ccccc1)C1c2cc(C(C)(C)C)ccc2-c2ccc(C(C)(C)C)cc21. The highest BCUT2D eigenvalue weighted by molar-refractivity contribution is 5.81. The minimum absolute atomic E-state index is 0.00684. The molecule has 0 aliphatic heterocycles. The second-order valence-corrected chi connectivity index (χ2v) is 15.5. The molecule has 3 aromatic rings. The largest absolute Gasteiger partial charge is 0.0727 e. The summed E-state index contributed by atoms with van der Waals surface area (Å²) in [5.41, 5.74) is 13.8. The van der Waals surface area contributed by atoms with Crippen molar-refractivity contribution in [3.63, 3.8) is 0 Å². The first-order chi connectivity index (χ1) is 18.2. The minimum atomic E-state index is -0.00684. The third-order valence-electron chi connectivity index (χ3n) is 9.91. The van der Waals surface area contributed by atoms with Crippen LogP contribution in [0.4, 0.5) is 0 Å². The standard InChI is InChI=1S/C39H46/c1-36(2,3)27-15-17-30-31-18-16-28(37(4,5)6)23-33(31)35(32(30)22-27)39(26-13-11-10-12-14-26)20-19-25-21-29(24-34(25)39)38(7,8)9/h10-18,21-24,34-35H,19-20H2,1-9H3. The van der Waals surface area contributed by atoms with Crippen LogP contribution in [0.1, 0.15) is 109 Å². The Balaban J connectivity index is 1.67. The van der Waals surface area contributed by atoms with E-state index in [-0.39, 0.29) is 21.7 Å². The maximum atomic E-state index is 2.66. The van der Waals surface area contributed by atoms with E-state index in [4.69, 9.17) is 0 Å². The molecular weight excluding hydrogens is 468 g/mol. The zero-order valence-electron chi connectivity index (χ0n) is 25.6. The van der Waals surface area contributed by atoms with Gasteiger partial charge in [-0.15, -0.1) is 0 Å². The van der Waals surface area contributed by atoms with Gasteiger partial charge in [-0.3, -0.25) is 0 Å². The van der Waals surface area contributed by atoms with E-state index in [1.54, 1.807) is 5.57 Å². The Kier molecular flexibility index (Phi) is 5.79. The predicted molar refractivity (Wildman–Crippen MR) is 168 cm³/mol. The van der Waals surface area contributed by atoms with Crippen LogP contribution in [-0.4, -0.2) is 0 Å². The topological polar surface area (TPSA) is 0 Å². The Morgan fingerprint density at radius 2 is 1.18 bits per heavy atom. The maximum Gasteiger partial charge on any atom is 0.0208 e. The van der Waals surface area contributed by atoms with Crippen molar-refractivity contribution >= 4 is 0 Å². The van der Waals surface area contributed by atoms with E-state index in [2.05, 4.69) is 141 Å². The van der Waals surface area contributed by atoms with Gasteiger partial charge in [0.05, 0.1) is 0 Å². The number of hydrogen-bond donors (Lipinski definition) is 0. The first kappa shape index (κ1) is 26.4. The third-order valence-corrected chi connectivity index (χ3v) is 9.91. The van der Waals surface area contributed by atoms with Crippen LogP contribution < -0.4 is 0 Å². The quantitative estimate of drug-likeness (QED) is 0.319. The average molecular weight is 515 g/mol. The molecule has 3 aromatic carbocycles. The minimum Gasteiger partial charge on any atom is -0.0727 e. The lowest BCUT2D eigenvalue weighted by molar-refractivity contribution is 0.341. The van der Waals surface area contributed by atoms with Crippen LogP contribution >= 0.6 is 0 Å². The number of fused-ring (bicyclic) bond motifs is 4. The van der Waals surface area contributed by atoms with Crippen LogP contribution in [0.15, 0.2) is 90.0 Å². The molecule has 0 heterocycles. The number of hydrogen-bond acceptors (Lipinski definition) is 0. The zero-order valence-corrected chi connectivity index (χ0v) is 25.6. The molecule has 0 spiro atoms. The molecule has 0 N–H and O–H groups in total. The van der Waals surface area contributed by atoms with Gasteiger partial charge in [-0.2, -0.15) is 0 Å². The first-order valence-corrected chi connectivity index (χ1v) is 15.0. The zero-order chi connectivity index (χ0) is 28.0. The summed E-state index contributed by atoms with van der Waals surface area (Å²) in [5.74, 6) is 0.746. The smallest absolute Gasteiger partial charge is 0.0208 e. The molecule has 0 aromatic heterocycles. The number of allylic oxidation sites excluding steroid dienone is 4. The van der Waals surface area contributed by atoms with Gasteiger partial charge in [-0.05, 0) is 73.6 Å². The van der Waals surface area contributed by atoms with E-state index in [1.807, 2.05) is 0 Å². The summed E-state index contributed by atoms with van der Waals surface area (Å²) >= 11 is 0. The average Bonchev–Trinajstić information content (AvgIpc) is 3.53. The summed E-state index contributed by atoms with van der Waals surface area (Å²) in [6.45, 7) is 21.2. The fourth-order valence-electron chi connectivity index (χ4n) is 7.62. The second kappa shape index (κ2) is 8.57. The van der Waals surface area contributed by atoms with Gasteiger partial charge in [0.15, 0.2) is 0 Å². The molecule has 6 rings (SSSR count). The Hall–Kier alpha value is -2.86. The van der Waals surface area contributed by atoms with Crippen molar-refractivity contribution in [3.8, 4) is 11.1 Å². The molecule has 202 valence electrons. The number of benzene rings is 3. The highest BCUT2D eigenvalue weighted by atomic mass is 14.6. The lowest BCUT2D eigenvalue weighted by atomic mass is 9.60. The van der Waals surface area contributed by atoms with Gasteiger partial charge in [-0.25, -0.2) is 0 Å². The van der Waals surface area contributed by atoms with Gasteiger partial charge in [0.1, 0.15) is 0 Å². The molecule has 3 aliphatic rings. The van der Waals surface area contributed by atoms with Crippen molar-refractivity contribution in [1.29, 1.82) is 0 Å². The second-order valence-electron chi connectivity index (χ2n) is 15.5. The molecule has 2 atom stereocenters. The van der Waals surface area contributed by atoms with Crippen LogP contribution in [0, 0.1) is 11.3 Å². The van der Waals surface area contributed by atoms with Crippen LogP contribution in [-0.2, 0) is 16.2 Å². The molecule has 0 heteroatoms. The van der Waals surface area contributed by atoms with E-state index in [0.29, 0.717) is 11.8 Å². The predicted octanol–water partition coefficient (Wildman–Crippen LogP) is 10.7. The van der Waals surface area contributed by atoms with Crippen LogP contribution in [0.2, 0.25) is 0 Å². The summed E-state index contributed by atoms with van der Waals surface area (Å²) in [5, 5.41) is 0. The molecule has 0 amide bonds. The molecule has 0 saturated heterocycles. The van der Waals surface area contributed by atoms with Crippen LogP contribution in [0.5, 0.6) is 0 Å². The first-order valence-electron chi connectivity index (χ1n) is 15.0. The summed E-state index contributed by atoms with van der Waals surface area (Å²) in [6, 6.07) is 26.3. The third kappa shape index (κ3) is 4.09. The monoisotopic (exact) mass is 514 g/mol. The molecule has 1 fully saturated rings. The van der Waals surface area contributed by atoms with Crippen molar-refractivity contribution in [2.75, 3.05) is 0 Å². The molecule has 3 aliphatic carbocycles. The highest BCUT2D eigenvalue weighted by Gasteiger charge is 2.56. The van der Waals surface area contributed by atoms with Gasteiger partial charge >= 0.3 is 0 Å². The molecule has 2 unspecified atom stereocenters. The summed E-state index contributed by atoms with van der Waals surface area (Å²) in [4.78, 5) is 0. The van der Waals surface area contributed by atoms with Crippen molar-refractivity contribution in [2.24, 2.45) is 11.3 Å². The van der Waals surface area contributed by atoms with Gasteiger partial charge in [0, 0.05) is 17.3 Å². The summed E-state index contributed by atoms with van der Waals surface area (Å²) in [7, 11) is 0. The van der Waals surface area contributed by atoms with Crippen molar-refractivity contribution in [3.05, 3.63) is 118 Å². The normalized spacial score (nSPS) is 22.8. The Morgan fingerprint density at radius 3 is 1.67 bits per heavy atom. The fraction of sp³-hybridized carbons (Fsp3) is 0.436. The van der Waals surface area contributed by atoms with E-state index in [0.717, 1.165) is 0 Å². The fourth-order valence-corrected chi connectivity index (χ4v) is 7.62. The van der Waals surface area contributed by atoms with E-state index in [1.165, 1.54) is 57.4 Å². The summed E-state index contributed by atoms with van der Waals surface area (Å²) in [6.07, 6.45) is 7.58. The molecule has 39 heavy (non-hydrogen) atoms. The van der Waals surface area contributed by atoms with Crippen LogP contribution in [0.3, 0.4) is 0 Å². The van der Waals surface area contributed by atoms with Gasteiger partial charge < -0.3 is 0 Å². The summed E-state index contributed by atoms with van der Waals surface area (Å²) < 4.78 is 0. The van der Waals surface area contributed by atoms with Crippen LogP contribution in [0.25, 0.3) is 11.1 Å². The van der Waals surface area contributed by atoms with Gasteiger partial charge in [-0.1, -0.05) is 147 Å². The van der Waals surface area contributed by atoms with E-state index in [9.17, 15) is 0 Å². The highest BCUT2D eigenvalue weighted by Crippen LogP contribution is 2.65. The maximum absolute atomic E-state index is 2.66. The lowest BCUT2D eigenvalue weighted by Gasteiger charge is -2.42. The Labute approximate surface area is 237 Å². The van der Waals surface area contributed by atoms with Gasteiger partial charge in [0.25, 0.3) is 0 Å². The molecule has 0 bridgehead atoms. The molecule has 1 saturated carbocycles. The van der Waals surface area contributed by atoms with E-state index >= 15 is 0 Å². The Morgan fingerprint density at radius 1 is 0.641 bits per heavy atom. The Bertz CT molecular complexity index is 1430. The van der Waals surface area contributed by atoms with Crippen molar-refractivity contribution in [2.45, 2.75) is 97.3 Å². The van der Waals surface area contributed by atoms with Crippen molar-refractivity contribution in [1.82, 2.24) is 0 Å². The lowest BCUT2D eigenvalue weighted by Crippen LogP contribution is -2.37. The van der Waals surface area contributed by atoms with E-state index < -0.39 is 0 Å². The molecule has 0 radical (unpaired) electrons. The molecule has 0 nitrogen and oxygen atoms in total. The molecular formula is C39H46. The van der Waals surface area contributed by atoms with Crippen molar-refractivity contribution < 1.29 is 0 Å². The van der Waals surface area contributed by atoms with Gasteiger partial charge in [0.2, 0.25) is 0 Å².